The second kappa shape index (κ2) is 6.44. The molecule has 1 aromatic carbocycles. The molecule has 0 radical (unpaired) electrons. The van der Waals surface area contributed by atoms with E-state index in [9.17, 15) is 18.3 Å². The SMILES string of the molecule is NS(=O)(=O)c1ccccc1NC1CCCCCC1C(=O)O. The topological polar surface area (TPSA) is 109 Å². The summed E-state index contributed by atoms with van der Waals surface area (Å²) in [4.78, 5) is 11.4. The van der Waals surface area contributed by atoms with Gasteiger partial charge in [-0.2, -0.15) is 0 Å². The highest BCUT2D eigenvalue weighted by Gasteiger charge is 2.30. The van der Waals surface area contributed by atoms with Crippen molar-refractivity contribution < 1.29 is 18.3 Å². The van der Waals surface area contributed by atoms with Gasteiger partial charge in [0.05, 0.1) is 11.6 Å². The summed E-state index contributed by atoms with van der Waals surface area (Å²) in [6.45, 7) is 0. The van der Waals surface area contributed by atoms with Crippen LogP contribution in [-0.2, 0) is 14.8 Å². The van der Waals surface area contributed by atoms with E-state index in [0.29, 0.717) is 18.5 Å². The van der Waals surface area contributed by atoms with Gasteiger partial charge in [-0.15, -0.1) is 0 Å². The molecule has 1 aromatic rings. The molecule has 21 heavy (non-hydrogen) atoms. The van der Waals surface area contributed by atoms with Crippen LogP contribution in [0.5, 0.6) is 0 Å². The maximum Gasteiger partial charge on any atom is 0.308 e. The Labute approximate surface area is 124 Å². The zero-order chi connectivity index (χ0) is 15.5. The highest BCUT2D eigenvalue weighted by Crippen LogP contribution is 2.29. The molecule has 0 aromatic heterocycles. The van der Waals surface area contributed by atoms with Gasteiger partial charge in [-0.3, -0.25) is 4.79 Å². The Morgan fingerprint density at radius 1 is 1.19 bits per heavy atom. The molecule has 1 saturated carbocycles. The van der Waals surface area contributed by atoms with Crippen LogP contribution in [0.3, 0.4) is 0 Å². The van der Waals surface area contributed by atoms with Gasteiger partial charge in [0.1, 0.15) is 4.90 Å². The molecule has 0 bridgehead atoms. The molecule has 2 atom stereocenters. The summed E-state index contributed by atoms with van der Waals surface area (Å²) >= 11 is 0. The predicted octanol–water partition coefficient (Wildman–Crippen LogP) is 1.78. The number of nitrogens with two attached hydrogens (primary N) is 1. The molecule has 4 N–H and O–H groups in total. The lowest BCUT2D eigenvalue weighted by molar-refractivity contribution is -0.142. The first kappa shape index (κ1) is 15.8. The van der Waals surface area contributed by atoms with Crippen LogP contribution in [0.25, 0.3) is 0 Å². The van der Waals surface area contributed by atoms with Gasteiger partial charge in [-0.05, 0) is 25.0 Å². The number of carbonyl (C=O) groups is 1. The van der Waals surface area contributed by atoms with Crippen molar-refractivity contribution in [3.63, 3.8) is 0 Å². The summed E-state index contributed by atoms with van der Waals surface area (Å²) in [5.41, 5.74) is 0.373. The second-order valence-corrected chi connectivity index (χ2v) is 6.90. The number of para-hydroxylation sites is 1. The minimum absolute atomic E-state index is 0.00149. The highest BCUT2D eigenvalue weighted by molar-refractivity contribution is 7.89. The number of sulfonamides is 1. The zero-order valence-electron chi connectivity index (χ0n) is 11.7. The highest BCUT2D eigenvalue weighted by atomic mass is 32.2. The molecular weight excluding hydrogens is 292 g/mol. The van der Waals surface area contributed by atoms with Crippen molar-refractivity contribution >= 4 is 21.7 Å². The first-order valence-electron chi connectivity index (χ1n) is 7.01. The van der Waals surface area contributed by atoms with E-state index < -0.39 is 21.9 Å². The average Bonchev–Trinajstić information content (AvgIpc) is 2.63. The summed E-state index contributed by atoms with van der Waals surface area (Å²) in [5.74, 6) is -1.36. The molecule has 6 nitrogen and oxygen atoms in total. The van der Waals surface area contributed by atoms with E-state index in [1.54, 1.807) is 18.2 Å². The molecule has 0 aliphatic heterocycles. The van der Waals surface area contributed by atoms with Crippen LogP contribution in [0.1, 0.15) is 32.1 Å². The summed E-state index contributed by atoms with van der Waals surface area (Å²) < 4.78 is 23.2. The number of primary sulfonamides is 1. The van der Waals surface area contributed by atoms with Crippen LogP contribution >= 0.6 is 0 Å². The second-order valence-electron chi connectivity index (χ2n) is 5.37. The lowest BCUT2D eigenvalue weighted by Gasteiger charge is -2.25. The number of benzene rings is 1. The van der Waals surface area contributed by atoms with Crippen LogP contribution in [0.4, 0.5) is 5.69 Å². The molecule has 2 unspecified atom stereocenters. The Hall–Kier alpha value is -1.60. The van der Waals surface area contributed by atoms with Gasteiger partial charge >= 0.3 is 5.97 Å². The van der Waals surface area contributed by atoms with Crippen LogP contribution in [0.2, 0.25) is 0 Å². The van der Waals surface area contributed by atoms with Crippen molar-refractivity contribution in [2.75, 3.05) is 5.32 Å². The normalized spacial score (nSPS) is 23.3. The van der Waals surface area contributed by atoms with Gasteiger partial charge in [-0.1, -0.05) is 31.4 Å². The third kappa shape index (κ3) is 3.95. The molecule has 7 heteroatoms. The monoisotopic (exact) mass is 312 g/mol. The summed E-state index contributed by atoms with van der Waals surface area (Å²) in [7, 11) is -3.84. The Balaban J connectivity index is 2.29. The fourth-order valence-corrected chi connectivity index (χ4v) is 3.51. The maximum atomic E-state index is 11.6. The van der Waals surface area contributed by atoms with Crippen LogP contribution in [0, 0.1) is 5.92 Å². The molecule has 2 rings (SSSR count). The van der Waals surface area contributed by atoms with E-state index in [0.717, 1.165) is 19.3 Å². The Bertz CT molecular complexity index is 615. The van der Waals surface area contributed by atoms with Crippen molar-refractivity contribution in [2.45, 2.75) is 43.0 Å². The van der Waals surface area contributed by atoms with Gasteiger partial charge < -0.3 is 10.4 Å². The summed E-state index contributed by atoms with van der Waals surface area (Å²) in [5, 5.41) is 17.6. The fraction of sp³-hybridized carbons (Fsp3) is 0.500. The van der Waals surface area contributed by atoms with Gasteiger partial charge in [0.15, 0.2) is 0 Å². The van der Waals surface area contributed by atoms with Gasteiger partial charge in [0.2, 0.25) is 10.0 Å². The Morgan fingerprint density at radius 2 is 1.86 bits per heavy atom. The third-order valence-corrected chi connectivity index (χ3v) is 4.84. The van der Waals surface area contributed by atoms with Gasteiger partial charge in [-0.25, -0.2) is 13.6 Å². The van der Waals surface area contributed by atoms with E-state index in [1.807, 2.05) is 0 Å². The van der Waals surface area contributed by atoms with Crippen molar-refractivity contribution in [3.05, 3.63) is 24.3 Å². The molecule has 1 fully saturated rings. The molecule has 0 saturated heterocycles. The Morgan fingerprint density at radius 3 is 2.52 bits per heavy atom. The van der Waals surface area contributed by atoms with Crippen molar-refractivity contribution in [3.8, 4) is 0 Å². The van der Waals surface area contributed by atoms with Crippen LogP contribution < -0.4 is 10.5 Å². The van der Waals surface area contributed by atoms with E-state index >= 15 is 0 Å². The number of nitrogens with one attached hydrogen (secondary N) is 1. The lowest BCUT2D eigenvalue weighted by Crippen LogP contribution is -2.34. The van der Waals surface area contributed by atoms with E-state index in [1.165, 1.54) is 6.07 Å². The molecule has 1 aliphatic rings. The molecular formula is C14H20N2O4S. The quantitative estimate of drug-likeness (QED) is 0.734. The third-order valence-electron chi connectivity index (χ3n) is 3.87. The first-order chi connectivity index (χ1) is 9.89. The minimum Gasteiger partial charge on any atom is -0.481 e. The lowest BCUT2D eigenvalue weighted by atomic mass is 9.94. The molecule has 0 heterocycles. The zero-order valence-corrected chi connectivity index (χ0v) is 12.5. The number of rotatable bonds is 4. The fourth-order valence-electron chi connectivity index (χ4n) is 2.81. The Kier molecular flexibility index (Phi) is 4.84. The molecule has 1 aliphatic carbocycles. The van der Waals surface area contributed by atoms with Crippen molar-refractivity contribution in [1.29, 1.82) is 0 Å². The molecule has 0 spiro atoms. The van der Waals surface area contributed by atoms with E-state index in [-0.39, 0.29) is 10.9 Å². The van der Waals surface area contributed by atoms with Crippen LogP contribution in [-0.4, -0.2) is 25.5 Å². The van der Waals surface area contributed by atoms with Gasteiger partial charge in [0.25, 0.3) is 0 Å². The smallest absolute Gasteiger partial charge is 0.308 e. The standard InChI is InChI=1S/C14H20N2O4S/c15-21(19,20)13-9-5-4-8-12(13)16-11-7-3-1-2-6-10(11)14(17)18/h4-5,8-11,16H,1-3,6-7H2,(H,17,18)(H2,15,19,20). The van der Waals surface area contributed by atoms with E-state index in [2.05, 4.69) is 5.32 Å². The predicted molar refractivity (Wildman–Crippen MR) is 79.4 cm³/mol. The molecule has 0 amide bonds. The van der Waals surface area contributed by atoms with Crippen molar-refractivity contribution in [2.24, 2.45) is 11.1 Å². The minimum atomic E-state index is -3.84. The van der Waals surface area contributed by atoms with Crippen LogP contribution in [0.15, 0.2) is 29.2 Å². The number of aliphatic carboxylic acids is 1. The number of carboxylic acids is 1. The number of hydrogen-bond donors (Lipinski definition) is 3. The van der Waals surface area contributed by atoms with E-state index in [4.69, 9.17) is 5.14 Å². The first-order valence-corrected chi connectivity index (χ1v) is 8.55. The summed E-state index contributed by atoms with van der Waals surface area (Å²) in [6, 6.07) is 6.04. The number of anilines is 1. The summed E-state index contributed by atoms with van der Waals surface area (Å²) in [6.07, 6.45) is 4.12. The average molecular weight is 312 g/mol. The number of hydrogen-bond acceptors (Lipinski definition) is 4. The molecule has 116 valence electrons. The number of carboxylic acid groups (broad SMARTS) is 1. The van der Waals surface area contributed by atoms with Crippen molar-refractivity contribution in [1.82, 2.24) is 0 Å². The largest absolute Gasteiger partial charge is 0.481 e. The maximum absolute atomic E-state index is 11.6. The van der Waals surface area contributed by atoms with Gasteiger partial charge in [0, 0.05) is 6.04 Å².